The summed E-state index contributed by atoms with van der Waals surface area (Å²) in [6, 6.07) is 7.77. The number of piperidine rings is 1. The van der Waals surface area contributed by atoms with Gasteiger partial charge in [0.15, 0.2) is 0 Å². The summed E-state index contributed by atoms with van der Waals surface area (Å²) in [7, 11) is -0.00126. The third-order valence-corrected chi connectivity index (χ3v) is 8.23. The van der Waals surface area contributed by atoms with E-state index in [9.17, 15) is 8.42 Å². The summed E-state index contributed by atoms with van der Waals surface area (Å²) in [4.78, 5) is 10.6. The number of hydrogen-bond donors (Lipinski definition) is 2. The predicted octanol–water partition coefficient (Wildman–Crippen LogP) is 2.27. The van der Waals surface area contributed by atoms with Gasteiger partial charge >= 0.3 is 0 Å². The first-order valence-corrected chi connectivity index (χ1v) is 12.8. The van der Waals surface area contributed by atoms with Gasteiger partial charge in [0.05, 0.1) is 20.8 Å². The third-order valence-electron chi connectivity index (χ3n) is 6.51. The van der Waals surface area contributed by atoms with Gasteiger partial charge in [0.1, 0.15) is 5.75 Å². The van der Waals surface area contributed by atoms with E-state index in [0.717, 1.165) is 41.0 Å². The minimum absolute atomic E-state index is 0.148. The molecule has 5 rings (SSSR count). The summed E-state index contributed by atoms with van der Waals surface area (Å²) in [5.41, 5.74) is 3.32. The molecule has 0 bridgehead atoms. The van der Waals surface area contributed by atoms with E-state index in [1.165, 1.54) is 4.31 Å². The van der Waals surface area contributed by atoms with E-state index in [0.29, 0.717) is 38.0 Å². The number of hydrogen-bond acceptors (Lipinski definition) is 9. The van der Waals surface area contributed by atoms with E-state index < -0.39 is 10.0 Å². The number of sulfonamides is 1. The molecule has 0 radical (unpaired) electrons. The van der Waals surface area contributed by atoms with E-state index in [4.69, 9.17) is 10.8 Å². The average Bonchev–Trinajstić information content (AvgIpc) is 3.55. The van der Waals surface area contributed by atoms with Crippen LogP contribution in [0.3, 0.4) is 0 Å². The maximum atomic E-state index is 13.2. The summed E-state index contributed by atoms with van der Waals surface area (Å²) in [6.45, 7) is 1.42. The van der Waals surface area contributed by atoms with Gasteiger partial charge in [-0.2, -0.15) is 9.29 Å². The SMILES string of the molecule is [2H]COc1cc(-c2ccc3c(c2Nc2n[nH]c(S(=O)(=O)N4CCC(N(C)C)CC4)n2)CCO3)ccn1. The summed E-state index contributed by atoms with van der Waals surface area (Å²) in [5.74, 6) is 1.24. The van der Waals surface area contributed by atoms with Crippen molar-refractivity contribution in [3.8, 4) is 22.8 Å². The van der Waals surface area contributed by atoms with Gasteiger partial charge in [-0.3, -0.25) is 0 Å². The van der Waals surface area contributed by atoms with Gasteiger partial charge in [0.2, 0.25) is 11.8 Å². The molecule has 0 aliphatic carbocycles. The molecule has 11 nitrogen and oxygen atoms in total. The predicted molar refractivity (Wildman–Crippen MR) is 131 cm³/mol. The summed E-state index contributed by atoms with van der Waals surface area (Å²) < 4.78 is 46.1. The Morgan fingerprint density at radius 3 is 2.89 bits per heavy atom. The molecule has 2 aliphatic heterocycles. The molecule has 1 fully saturated rings. The molecule has 35 heavy (non-hydrogen) atoms. The highest BCUT2D eigenvalue weighted by molar-refractivity contribution is 7.88. The Hall–Kier alpha value is -3.22. The van der Waals surface area contributed by atoms with Crippen molar-refractivity contribution in [2.45, 2.75) is 30.5 Å². The van der Waals surface area contributed by atoms with Crippen molar-refractivity contribution in [2.75, 3.05) is 46.2 Å². The van der Waals surface area contributed by atoms with Crippen LogP contribution < -0.4 is 14.8 Å². The zero-order valence-corrected chi connectivity index (χ0v) is 20.5. The molecule has 2 aliphatic rings. The van der Waals surface area contributed by atoms with Gasteiger partial charge in [0.25, 0.3) is 15.2 Å². The quantitative estimate of drug-likeness (QED) is 0.502. The number of rotatable bonds is 7. The van der Waals surface area contributed by atoms with Crippen LogP contribution in [0.1, 0.15) is 19.8 Å². The molecule has 0 unspecified atom stereocenters. The number of aromatic amines is 1. The van der Waals surface area contributed by atoms with Crippen molar-refractivity contribution in [1.29, 1.82) is 0 Å². The first-order chi connectivity index (χ1) is 17.4. The monoisotopic (exact) mass is 500 g/mol. The van der Waals surface area contributed by atoms with Gasteiger partial charge in [-0.05, 0) is 50.7 Å². The van der Waals surface area contributed by atoms with Gasteiger partial charge in [-0.15, -0.1) is 5.10 Å². The van der Waals surface area contributed by atoms with E-state index in [2.05, 4.69) is 30.4 Å². The number of nitrogens with zero attached hydrogens (tertiary/aromatic N) is 5. The molecule has 1 saturated heterocycles. The Morgan fingerprint density at radius 1 is 1.29 bits per heavy atom. The summed E-state index contributed by atoms with van der Waals surface area (Å²) >= 11 is 0. The van der Waals surface area contributed by atoms with Crippen molar-refractivity contribution in [2.24, 2.45) is 0 Å². The average molecular weight is 501 g/mol. The molecule has 2 aromatic heterocycles. The smallest absolute Gasteiger partial charge is 0.278 e. The maximum Gasteiger partial charge on any atom is 0.278 e. The fourth-order valence-corrected chi connectivity index (χ4v) is 5.86. The second-order valence-corrected chi connectivity index (χ2v) is 10.6. The fourth-order valence-electron chi connectivity index (χ4n) is 4.57. The van der Waals surface area contributed by atoms with Crippen LogP contribution in [0.2, 0.25) is 0 Å². The molecule has 4 heterocycles. The Bertz CT molecular complexity index is 1340. The van der Waals surface area contributed by atoms with Crippen molar-refractivity contribution in [1.82, 2.24) is 29.4 Å². The van der Waals surface area contributed by atoms with Crippen molar-refractivity contribution >= 4 is 21.7 Å². The Kier molecular flexibility index (Phi) is 6.00. The first kappa shape index (κ1) is 22.3. The van der Waals surface area contributed by atoms with Crippen LogP contribution in [-0.2, 0) is 16.4 Å². The van der Waals surface area contributed by atoms with Gasteiger partial charge in [-0.25, -0.2) is 18.5 Å². The molecule has 0 amide bonds. The minimum atomic E-state index is -3.79. The van der Waals surface area contributed by atoms with E-state index in [-0.39, 0.29) is 18.2 Å². The second-order valence-electron chi connectivity index (χ2n) is 8.78. The molecule has 0 saturated carbocycles. The number of anilines is 2. The number of H-pyrrole nitrogens is 1. The lowest BCUT2D eigenvalue weighted by molar-refractivity contribution is 0.196. The minimum Gasteiger partial charge on any atom is -0.493 e. The zero-order valence-electron chi connectivity index (χ0n) is 20.7. The zero-order chi connectivity index (χ0) is 25.3. The van der Waals surface area contributed by atoms with E-state index >= 15 is 0 Å². The lowest BCUT2D eigenvalue weighted by atomic mass is 9.99. The van der Waals surface area contributed by atoms with E-state index in [1.807, 2.05) is 32.3 Å². The van der Waals surface area contributed by atoms with Crippen LogP contribution in [0.4, 0.5) is 11.6 Å². The molecule has 186 valence electrons. The van der Waals surface area contributed by atoms with Crippen LogP contribution in [0.15, 0.2) is 35.6 Å². The van der Waals surface area contributed by atoms with Crippen LogP contribution >= 0.6 is 0 Å². The fraction of sp³-hybridized carbons (Fsp3) is 0.435. The van der Waals surface area contributed by atoms with Crippen LogP contribution in [0.5, 0.6) is 11.6 Å². The van der Waals surface area contributed by atoms with Crippen molar-refractivity contribution in [3.05, 3.63) is 36.0 Å². The first-order valence-electron chi connectivity index (χ1n) is 12.1. The van der Waals surface area contributed by atoms with Crippen molar-refractivity contribution < 1.29 is 19.3 Å². The molecule has 2 N–H and O–H groups in total. The normalized spacial score (nSPS) is 17.2. The van der Waals surface area contributed by atoms with E-state index in [1.54, 1.807) is 12.3 Å². The molecule has 12 heteroatoms. The summed E-state index contributed by atoms with van der Waals surface area (Å²) in [5, 5.41) is 9.80. The lowest BCUT2D eigenvalue weighted by Gasteiger charge is -2.33. The van der Waals surface area contributed by atoms with Gasteiger partial charge in [-0.1, -0.05) is 0 Å². The number of ether oxygens (including phenoxy) is 2. The van der Waals surface area contributed by atoms with Gasteiger partial charge in [0, 0.05) is 48.9 Å². The maximum absolute atomic E-state index is 13.2. The second kappa shape index (κ2) is 9.44. The van der Waals surface area contributed by atoms with Crippen molar-refractivity contribution in [3.63, 3.8) is 0 Å². The molecular formula is C23H29N7O4S. The number of aromatic nitrogens is 4. The summed E-state index contributed by atoms with van der Waals surface area (Å²) in [6.07, 6.45) is 3.83. The largest absolute Gasteiger partial charge is 0.493 e. The van der Waals surface area contributed by atoms with Crippen LogP contribution in [0.25, 0.3) is 11.1 Å². The standard InChI is InChI=1S/C23H29N7O4S/c1-29(2)16-7-11-30(12-8-16)35(31,32)23-26-22(27-28-23)25-21-17(4-5-19-18(21)9-13-34-19)15-6-10-24-20(14-15)33-3/h4-6,10,14,16H,7-9,11-13H2,1-3H3,(H2,25,26,27,28)/i3D. The third kappa shape index (κ3) is 4.56. The molecule has 1 aromatic carbocycles. The lowest BCUT2D eigenvalue weighted by Crippen LogP contribution is -2.44. The highest BCUT2D eigenvalue weighted by Gasteiger charge is 2.33. The number of benzene rings is 1. The Balaban J connectivity index is 1.42. The van der Waals surface area contributed by atoms with Gasteiger partial charge < -0.3 is 19.7 Å². The number of fused-ring (bicyclic) bond motifs is 1. The number of pyridine rings is 1. The Morgan fingerprint density at radius 2 is 2.11 bits per heavy atom. The highest BCUT2D eigenvalue weighted by Crippen LogP contribution is 2.41. The molecule has 0 spiro atoms. The molecule has 3 aromatic rings. The van der Waals surface area contributed by atoms with Crippen LogP contribution in [0, 0.1) is 0 Å². The number of methoxy groups -OCH3 is 1. The Labute approximate surface area is 205 Å². The number of nitrogens with one attached hydrogen (secondary N) is 2. The molecule has 0 atom stereocenters. The molecular weight excluding hydrogens is 470 g/mol. The topological polar surface area (TPSA) is 126 Å². The highest BCUT2D eigenvalue weighted by atomic mass is 32.2. The van der Waals surface area contributed by atoms with Crippen LogP contribution in [-0.4, -0.2) is 84.7 Å².